The molecule has 152 valence electrons. The van der Waals surface area contributed by atoms with Crippen molar-refractivity contribution in [2.75, 3.05) is 32.7 Å². The first-order valence-electron chi connectivity index (χ1n) is 9.10. The van der Waals surface area contributed by atoms with E-state index in [-0.39, 0.29) is 36.5 Å². The molecule has 28 heavy (non-hydrogen) atoms. The van der Waals surface area contributed by atoms with Crippen molar-refractivity contribution in [1.82, 2.24) is 14.5 Å². The summed E-state index contributed by atoms with van der Waals surface area (Å²) < 4.78 is 45.4. The highest BCUT2D eigenvalue weighted by atomic mass is 32.2. The van der Waals surface area contributed by atoms with Crippen LogP contribution in [0.15, 0.2) is 45.7 Å². The van der Waals surface area contributed by atoms with Crippen LogP contribution in [0.1, 0.15) is 24.5 Å². The van der Waals surface area contributed by atoms with Crippen LogP contribution in [0.2, 0.25) is 0 Å². The highest BCUT2D eigenvalue weighted by Gasteiger charge is 2.30. The molecule has 1 aromatic heterocycles. The lowest BCUT2D eigenvalue weighted by atomic mass is 10.2. The van der Waals surface area contributed by atoms with Gasteiger partial charge in [-0.15, -0.1) is 0 Å². The standard InChI is InChI=1S/C19H24FN3O4S/c1-14-6-7-18(27-14)15(2)21-13-19(24)22-8-10-23(11-9-22)28(25,26)17-5-3-4-16(20)12-17/h3-7,12,15,21H,8-11,13H2,1-2H3. The number of benzene rings is 1. The number of piperazine rings is 1. The first kappa shape index (κ1) is 20.5. The molecule has 1 unspecified atom stereocenters. The van der Waals surface area contributed by atoms with Crippen LogP contribution in [0.3, 0.4) is 0 Å². The van der Waals surface area contributed by atoms with Gasteiger partial charge in [0, 0.05) is 26.2 Å². The Morgan fingerprint density at radius 3 is 2.54 bits per heavy atom. The second-order valence-electron chi connectivity index (χ2n) is 6.79. The quantitative estimate of drug-likeness (QED) is 0.788. The van der Waals surface area contributed by atoms with E-state index in [1.807, 2.05) is 26.0 Å². The lowest BCUT2D eigenvalue weighted by molar-refractivity contribution is -0.131. The Balaban J connectivity index is 1.52. The topological polar surface area (TPSA) is 82.9 Å². The van der Waals surface area contributed by atoms with Crippen molar-refractivity contribution in [2.45, 2.75) is 24.8 Å². The predicted octanol–water partition coefficient (Wildman–Crippen LogP) is 1.91. The molecule has 3 rings (SSSR count). The fraction of sp³-hybridized carbons (Fsp3) is 0.421. The van der Waals surface area contributed by atoms with Crippen LogP contribution in [0.5, 0.6) is 0 Å². The van der Waals surface area contributed by atoms with Gasteiger partial charge >= 0.3 is 0 Å². The molecule has 0 aliphatic carbocycles. The van der Waals surface area contributed by atoms with Crippen molar-refractivity contribution < 1.29 is 22.0 Å². The molecule has 2 aromatic rings. The second kappa shape index (κ2) is 8.42. The molecule has 1 aliphatic heterocycles. The van der Waals surface area contributed by atoms with Gasteiger partial charge in [0.05, 0.1) is 17.5 Å². The van der Waals surface area contributed by atoms with E-state index < -0.39 is 15.8 Å². The summed E-state index contributed by atoms with van der Waals surface area (Å²) in [6.45, 7) is 4.85. The molecule has 0 saturated carbocycles. The Bertz CT molecular complexity index is 936. The largest absolute Gasteiger partial charge is 0.465 e. The van der Waals surface area contributed by atoms with E-state index in [1.165, 1.54) is 22.5 Å². The van der Waals surface area contributed by atoms with Crippen molar-refractivity contribution in [3.05, 3.63) is 53.7 Å². The number of hydrogen-bond acceptors (Lipinski definition) is 5. The van der Waals surface area contributed by atoms with Gasteiger partial charge in [-0.25, -0.2) is 12.8 Å². The van der Waals surface area contributed by atoms with E-state index in [1.54, 1.807) is 4.90 Å². The van der Waals surface area contributed by atoms with E-state index >= 15 is 0 Å². The monoisotopic (exact) mass is 409 g/mol. The lowest BCUT2D eigenvalue weighted by Crippen LogP contribution is -2.52. The second-order valence-corrected chi connectivity index (χ2v) is 8.73. The van der Waals surface area contributed by atoms with Gasteiger partial charge in [0.15, 0.2) is 0 Å². The van der Waals surface area contributed by atoms with Crippen LogP contribution < -0.4 is 5.32 Å². The SMILES string of the molecule is Cc1ccc(C(C)NCC(=O)N2CCN(S(=O)(=O)c3cccc(F)c3)CC2)o1. The Labute approximate surface area is 164 Å². The number of carbonyl (C=O) groups is 1. The third-order valence-electron chi connectivity index (χ3n) is 4.77. The number of carbonyl (C=O) groups excluding carboxylic acids is 1. The number of halogens is 1. The van der Waals surface area contributed by atoms with Gasteiger partial charge in [-0.1, -0.05) is 6.07 Å². The summed E-state index contributed by atoms with van der Waals surface area (Å²) >= 11 is 0. The zero-order valence-corrected chi connectivity index (χ0v) is 16.7. The summed E-state index contributed by atoms with van der Waals surface area (Å²) in [5.74, 6) is 0.877. The van der Waals surface area contributed by atoms with Crippen molar-refractivity contribution in [3.8, 4) is 0 Å². The van der Waals surface area contributed by atoms with Gasteiger partial charge < -0.3 is 9.32 Å². The van der Waals surface area contributed by atoms with E-state index in [9.17, 15) is 17.6 Å². The Morgan fingerprint density at radius 1 is 1.21 bits per heavy atom. The minimum atomic E-state index is -3.77. The zero-order chi connectivity index (χ0) is 20.3. The number of hydrogen-bond donors (Lipinski definition) is 1. The normalized spacial score (nSPS) is 16.9. The Kier molecular flexibility index (Phi) is 6.17. The third kappa shape index (κ3) is 4.60. The van der Waals surface area contributed by atoms with Gasteiger partial charge in [-0.3, -0.25) is 10.1 Å². The summed E-state index contributed by atoms with van der Waals surface area (Å²) in [4.78, 5) is 14.0. The molecule has 1 amide bonds. The van der Waals surface area contributed by atoms with E-state index in [2.05, 4.69) is 5.32 Å². The molecular weight excluding hydrogens is 385 g/mol. The molecule has 1 N–H and O–H groups in total. The van der Waals surface area contributed by atoms with Crippen LogP contribution in [0.25, 0.3) is 0 Å². The molecule has 1 saturated heterocycles. The molecule has 1 aliphatic rings. The van der Waals surface area contributed by atoms with Crippen molar-refractivity contribution in [2.24, 2.45) is 0 Å². The summed E-state index contributed by atoms with van der Waals surface area (Å²) in [5.41, 5.74) is 0. The maximum atomic E-state index is 13.4. The molecule has 0 spiro atoms. The molecule has 1 fully saturated rings. The number of amides is 1. The van der Waals surface area contributed by atoms with Crippen LogP contribution in [0.4, 0.5) is 4.39 Å². The molecule has 0 bridgehead atoms. The third-order valence-corrected chi connectivity index (χ3v) is 6.67. The minimum absolute atomic E-state index is 0.0727. The van der Waals surface area contributed by atoms with Gasteiger partial charge in [-0.05, 0) is 44.2 Å². The number of nitrogens with one attached hydrogen (secondary N) is 1. The highest BCUT2D eigenvalue weighted by Crippen LogP contribution is 2.19. The van der Waals surface area contributed by atoms with E-state index in [4.69, 9.17) is 4.42 Å². The molecule has 1 aromatic carbocycles. The molecule has 9 heteroatoms. The van der Waals surface area contributed by atoms with Crippen LogP contribution in [-0.4, -0.2) is 56.3 Å². The average Bonchev–Trinajstić information content (AvgIpc) is 3.12. The molecule has 2 heterocycles. The molecule has 0 radical (unpaired) electrons. The lowest BCUT2D eigenvalue weighted by Gasteiger charge is -2.34. The van der Waals surface area contributed by atoms with E-state index in [0.717, 1.165) is 17.6 Å². The van der Waals surface area contributed by atoms with Crippen LogP contribution >= 0.6 is 0 Å². The number of nitrogens with zero attached hydrogens (tertiary/aromatic N) is 2. The fourth-order valence-electron chi connectivity index (χ4n) is 3.09. The van der Waals surface area contributed by atoms with Crippen LogP contribution in [-0.2, 0) is 14.8 Å². The first-order valence-corrected chi connectivity index (χ1v) is 10.5. The average molecular weight is 409 g/mol. The van der Waals surface area contributed by atoms with Gasteiger partial charge in [0.25, 0.3) is 0 Å². The number of aryl methyl sites for hydroxylation is 1. The first-order chi connectivity index (χ1) is 13.3. The molecule has 7 nitrogen and oxygen atoms in total. The summed E-state index contributed by atoms with van der Waals surface area (Å²) in [7, 11) is -3.77. The summed E-state index contributed by atoms with van der Waals surface area (Å²) in [5, 5.41) is 3.12. The predicted molar refractivity (Wildman–Crippen MR) is 102 cm³/mol. The Morgan fingerprint density at radius 2 is 1.93 bits per heavy atom. The number of sulfonamides is 1. The van der Waals surface area contributed by atoms with E-state index in [0.29, 0.717) is 13.1 Å². The molecular formula is C19H24FN3O4S. The van der Waals surface area contributed by atoms with Crippen molar-refractivity contribution in [3.63, 3.8) is 0 Å². The smallest absolute Gasteiger partial charge is 0.243 e. The highest BCUT2D eigenvalue weighted by molar-refractivity contribution is 7.89. The van der Waals surface area contributed by atoms with Crippen LogP contribution in [0, 0.1) is 12.7 Å². The maximum Gasteiger partial charge on any atom is 0.243 e. The Hall–Kier alpha value is -2.23. The van der Waals surface area contributed by atoms with Crippen molar-refractivity contribution in [1.29, 1.82) is 0 Å². The summed E-state index contributed by atoms with van der Waals surface area (Å²) in [6, 6.07) is 8.59. The van der Waals surface area contributed by atoms with Gasteiger partial charge in [0.2, 0.25) is 15.9 Å². The maximum absolute atomic E-state index is 13.4. The van der Waals surface area contributed by atoms with Gasteiger partial charge in [-0.2, -0.15) is 4.31 Å². The zero-order valence-electron chi connectivity index (χ0n) is 15.9. The number of rotatable bonds is 6. The molecule has 1 atom stereocenters. The van der Waals surface area contributed by atoms with Crippen molar-refractivity contribution >= 4 is 15.9 Å². The van der Waals surface area contributed by atoms with Gasteiger partial charge in [0.1, 0.15) is 17.3 Å². The minimum Gasteiger partial charge on any atom is -0.465 e. The summed E-state index contributed by atoms with van der Waals surface area (Å²) in [6.07, 6.45) is 0. The fourth-order valence-corrected chi connectivity index (χ4v) is 4.55. The number of furan rings is 1.